The lowest BCUT2D eigenvalue weighted by atomic mass is 10.1. The van der Waals surface area contributed by atoms with Crippen LogP contribution in [0.15, 0.2) is 47.0 Å². The van der Waals surface area contributed by atoms with Crippen LogP contribution < -0.4 is 14.8 Å². The highest BCUT2D eigenvalue weighted by Gasteiger charge is 2.17. The van der Waals surface area contributed by atoms with Crippen molar-refractivity contribution in [2.24, 2.45) is 0 Å². The van der Waals surface area contributed by atoms with E-state index in [-0.39, 0.29) is 12.5 Å². The molecule has 146 valence electrons. The molecule has 1 aromatic heterocycles. The summed E-state index contributed by atoms with van der Waals surface area (Å²) in [6, 6.07) is 13.2. The van der Waals surface area contributed by atoms with E-state index in [0.29, 0.717) is 23.2 Å². The number of aromatic nitrogens is 2. The summed E-state index contributed by atoms with van der Waals surface area (Å²) in [5.41, 5.74) is 2.90. The Labute approximate surface area is 163 Å². The monoisotopic (exact) mass is 381 g/mol. The zero-order valence-electron chi connectivity index (χ0n) is 16.4. The first-order chi connectivity index (χ1) is 13.5. The van der Waals surface area contributed by atoms with Crippen LogP contribution in [-0.4, -0.2) is 29.3 Å². The van der Waals surface area contributed by atoms with Crippen molar-refractivity contribution in [1.29, 1.82) is 0 Å². The molecule has 0 unspecified atom stereocenters. The normalized spacial score (nSPS) is 11.7. The Morgan fingerprint density at radius 2 is 2.04 bits per heavy atom. The summed E-state index contributed by atoms with van der Waals surface area (Å²) in [5.74, 6) is 1.87. The van der Waals surface area contributed by atoms with Crippen molar-refractivity contribution >= 4 is 5.91 Å². The minimum atomic E-state index is -0.651. The molecule has 1 amide bonds. The predicted molar refractivity (Wildman–Crippen MR) is 104 cm³/mol. The second-order valence-electron chi connectivity index (χ2n) is 6.49. The lowest BCUT2D eigenvalue weighted by molar-refractivity contribution is -0.127. The van der Waals surface area contributed by atoms with Gasteiger partial charge in [0.2, 0.25) is 11.7 Å². The molecule has 0 aliphatic carbocycles. The van der Waals surface area contributed by atoms with Gasteiger partial charge in [-0.1, -0.05) is 35.0 Å². The van der Waals surface area contributed by atoms with E-state index >= 15 is 0 Å². The third-order valence-electron chi connectivity index (χ3n) is 4.21. The fourth-order valence-corrected chi connectivity index (χ4v) is 2.69. The Morgan fingerprint density at radius 1 is 1.21 bits per heavy atom. The summed E-state index contributed by atoms with van der Waals surface area (Å²) in [4.78, 5) is 16.6. The van der Waals surface area contributed by atoms with Crippen LogP contribution in [0.3, 0.4) is 0 Å². The Bertz CT molecular complexity index is 968. The van der Waals surface area contributed by atoms with E-state index in [2.05, 4.69) is 15.5 Å². The highest BCUT2D eigenvalue weighted by molar-refractivity contribution is 5.80. The molecule has 7 nitrogen and oxygen atoms in total. The summed E-state index contributed by atoms with van der Waals surface area (Å²) in [6.45, 7) is 5.78. The summed E-state index contributed by atoms with van der Waals surface area (Å²) < 4.78 is 16.2. The summed E-state index contributed by atoms with van der Waals surface area (Å²) in [5, 5.41) is 6.70. The van der Waals surface area contributed by atoms with Crippen molar-refractivity contribution < 1.29 is 18.8 Å². The number of nitrogens with zero attached hydrogens (tertiary/aromatic N) is 2. The molecule has 7 heteroatoms. The molecule has 2 aromatic carbocycles. The SMILES string of the molecule is COc1cccc(-c2noc(CNC(=O)[C@H](C)Oc3ccc(C)cc3C)n2)c1. The fourth-order valence-electron chi connectivity index (χ4n) is 2.69. The lowest BCUT2D eigenvalue weighted by Gasteiger charge is -2.16. The quantitative estimate of drug-likeness (QED) is 0.675. The first-order valence-corrected chi connectivity index (χ1v) is 8.95. The van der Waals surface area contributed by atoms with Gasteiger partial charge in [0.15, 0.2) is 6.10 Å². The molecule has 0 saturated carbocycles. The number of hydrogen-bond acceptors (Lipinski definition) is 6. The van der Waals surface area contributed by atoms with Crippen LogP contribution in [0.5, 0.6) is 11.5 Å². The molecule has 28 heavy (non-hydrogen) atoms. The van der Waals surface area contributed by atoms with Crippen molar-refractivity contribution in [1.82, 2.24) is 15.5 Å². The topological polar surface area (TPSA) is 86.5 Å². The van der Waals surface area contributed by atoms with E-state index in [4.69, 9.17) is 14.0 Å². The van der Waals surface area contributed by atoms with Gasteiger partial charge in [0, 0.05) is 5.56 Å². The van der Waals surface area contributed by atoms with Gasteiger partial charge in [-0.3, -0.25) is 4.79 Å². The van der Waals surface area contributed by atoms with Crippen molar-refractivity contribution in [3.05, 3.63) is 59.5 Å². The van der Waals surface area contributed by atoms with E-state index in [1.54, 1.807) is 14.0 Å². The molecule has 0 bridgehead atoms. The summed E-state index contributed by atoms with van der Waals surface area (Å²) in [6.07, 6.45) is -0.651. The summed E-state index contributed by atoms with van der Waals surface area (Å²) in [7, 11) is 1.59. The molecular formula is C21H23N3O4. The molecular weight excluding hydrogens is 358 g/mol. The van der Waals surface area contributed by atoms with Crippen molar-refractivity contribution in [3.8, 4) is 22.9 Å². The maximum absolute atomic E-state index is 12.3. The number of aryl methyl sites for hydroxylation is 2. The van der Waals surface area contributed by atoms with E-state index in [1.807, 2.05) is 56.3 Å². The van der Waals surface area contributed by atoms with Crippen molar-refractivity contribution in [2.75, 3.05) is 7.11 Å². The van der Waals surface area contributed by atoms with Crippen LogP contribution in [0, 0.1) is 13.8 Å². The van der Waals surface area contributed by atoms with Gasteiger partial charge in [-0.25, -0.2) is 0 Å². The molecule has 0 fully saturated rings. The zero-order valence-corrected chi connectivity index (χ0v) is 16.4. The number of ether oxygens (including phenoxy) is 2. The highest BCUT2D eigenvalue weighted by atomic mass is 16.5. The number of amides is 1. The molecule has 0 spiro atoms. The second kappa shape index (κ2) is 8.56. The van der Waals surface area contributed by atoms with Gasteiger partial charge in [0.1, 0.15) is 11.5 Å². The first-order valence-electron chi connectivity index (χ1n) is 8.95. The Hall–Kier alpha value is -3.35. The van der Waals surface area contributed by atoms with Crippen molar-refractivity contribution in [2.45, 2.75) is 33.4 Å². The molecule has 1 N–H and O–H groups in total. The van der Waals surface area contributed by atoms with Crippen LogP contribution in [0.25, 0.3) is 11.4 Å². The molecule has 1 atom stereocenters. The molecule has 0 saturated heterocycles. The van der Waals surface area contributed by atoms with Gasteiger partial charge in [-0.05, 0) is 44.5 Å². The van der Waals surface area contributed by atoms with Gasteiger partial charge < -0.3 is 19.3 Å². The Kier molecular flexibility index (Phi) is 5.93. The number of hydrogen-bond donors (Lipinski definition) is 1. The molecule has 0 aliphatic rings. The van der Waals surface area contributed by atoms with E-state index in [0.717, 1.165) is 16.7 Å². The number of methoxy groups -OCH3 is 1. The highest BCUT2D eigenvalue weighted by Crippen LogP contribution is 2.22. The molecule has 0 aliphatic heterocycles. The van der Waals surface area contributed by atoms with Crippen LogP contribution in [-0.2, 0) is 11.3 Å². The minimum Gasteiger partial charge on any atom is -0.497 e. The van der Waals surface area contributed by atoms with Gasteiger partial charge >= 0.3 is 0 Å². The largest absolute Gasteiger partial charge is 0.497 e. The number of carbonyl (C=O) groups is 1. The standard InChI is InChI=1S/C21H23N3O4/c1-13-8-9-18(14(2)10-13)27-15(3)21(25)22-12-19-23-20(24-28-19)16-6-5-7-17(11-16)26-4/h5-11,15H,12H2,1-4H3,(H,22,25)/t15-/m0/s1. The summed E-state index contributed by atoms with van der Waals surface area (Å²) >= 11 is 0. The van der Waals surface area contributed by atoms with Gasteiger partial charge in [0.25, 0.3) is 5.91 Å². The zero-order chi connectivity index (χ0) is 20.1. The molecule has 3 aromatic rings. The van der Waals surface area contributed by atoms with Crippen LogP contribution in [0.4, 0.5) is 0 Å². The van der Waals surface area contributed by atoms with Crippen LogP contribution in [0.2, 0.25) is 0 Å². The van der Waals surface area contributed by atoms with Gasteiger partial charge in [-0.15, -0.1) is 0 Å². The number of rotatable bonds is 7. The van der Waals surface area contributed by atoms with Crippen LogP contribution >= 0.6 is 0 Å². The molecule has 1 heterocycles. The maximum atomic E-state index is 12.3. The molecule has 0 radical (unpaired) electrons. The Morgan fingerprint density at radius 3 is 2.79 bits per heavy atom. The van der Waals surface area contributed by atoms with Crippen molar-refractivity contribution in [3.63, 3.8) is 0 Å². The van der Waals surface area contributed by atoms with Gasteiger partial charge in [-0.2, -0.15) is 4.98 Å². The average molecular weight is 381 g/mol. The molecule has 3 rings (SSSR count). The van der Waals surface area contributed by atoms with E-state index in [9.17, 15) is 4.79 Å². The van der Waals surface area contributed by atoms with Crippen LogP contribution in [0.1, 0.15) is 23.9 Å². The Balaban J connectivity index is 1.57. The number of nitrogens with one attached hydrogen (secondary N) is 1. The fraction of sp³-hybridized carbons (Fsp3) is 0.286. The third-order valence-corrected chi connectivity index (χ3v) is 4.21. The predicted octanol–water partition coefficient (Wildman–Crippen LogP) is 3.45. The maximum Gasteiger partial charge on any atom is 0.261 e. The third kappa shape index (κ3) is 4.68. The average Bonchev–Trinajstić information content (AvgIpc) is 3.17. The smallest absolute Gasteiger partial charge is 0.261 e. The van der Waals surface area contributed by atoms with E-state index in [1.165, 1.54) is 0 Å². The minimum absolute atomic E-state index is 0.121. The number of carbonyl (C=O) groups excluding carboxylic acids is 1. The number of benzene rings is 2. The second-order valence-corrected chi connectivity index (χ2v) is 6.49. The lowest BCUT2D eigenvalue weighted by Crippen LogP contribution is -2.36. The first kappa shape index (κ1) is 19.4. The van der Waals surface area contributed by atoms with E-state index < -0.39 is 6.10 Å². The van der Waals surface area contributed by atoms with Gasteiger partial charge in [0.05, 0.1) is 13.7 Å².